The molecule has 7 nitrogen and oxygen atoms in total. The third-order valence-electron chi connectivity index (χ3n) is 4.71. The molecule has 178 valence electrons. The van der Waals surface area contributed by atoms with Crippen molar-refractivity contribution in [2.45, 2.75) is 31.8 Å². The monoisotopic (exact) mass is 499 g/mol. The second-order valence-electron chi connectivity index (χ2n) is 7.78. The van der Waals surface area contributed by atoms with Gasteiger partial charge in [0.1, 0.15) is 12.3 Å². The summed E-state index contributed by atoms with van der Waals surface area (Å²) in [4.78, 5) is 12.7. The number of nitrogens with one attached hydrogen (secondary N) is 1. The van der Waals surface area contributed by atoms with Crippen LogP contribution in [0.1, 0.15) is 25.0 Å². The molecule has 3 aromatic rings. The van der Waals surface area contributed by atoms with Gasteiger partial charge in [0, 0.05) is 5.02 Å². The number of carbonyl (C=O) groups is 1. The molecule has 0 radical (unpaired) electrons. The third kappa shape index (κ3) is 6.59. The largest absolute Gasteiger partial charge is 0.491 e. The molecule has 0 heterocycles. The van der Waals surface area contributed by atoms with E-state index in [2.05, 4.69) is 10.5 Å². The molecule has 9 heteroatoms. The van der Waals surface area contributed by atoms with Crippen LogP contribution >= 0.6 is 11.6 Å². The van der Waals surface area contributed by atoms with Gasteiger partial charge in [-0.25, -0.2) is 13.8 Å². The highest BCUT2D eigenvalue weighted by Gasteiger charge is 2.28. The Labute approximate surface area is 205 Å². The number of sulfonamides is 1. The molecular formula is C25H26ClN3O4S. The summed E-state index contributed by atoms with van der Waals surface area (Å²) < 4.78 is 33.4. The van der Waals surface area contributed by atoms with Crippen molar-refractivity contribution < 1.29 is 17.9 Å². The summed E-state index contributed by atoms with van der Waals surface area (Å²) in [5.74, 6) is 0.129. The fourth-order valence-electron chi connectivity index (χ4n) is 3.12. The van der Waals surface area contributed by atoms with Gasteiger partial charge in [0.15, 0.2) is 0 Å². The maximum Gasteiger partial charge on any atom is 0.264 e. The van der Waals surface area contributed by atoms with Gasteiger partial charge in [-0.1, -0.05) is 35.9 Å². The highest BCUT2D eigenvalue weighted by Crippen LogP contribution is 2.29. The summed E-state index contributed by atoms with van der Waals surface area (Å²) in [6.45, 7) is 5.16. The van der Waals surface area contributed by atoms with Crippen molar-refractivity contribution in [3.05, 3.63) is 88.9 Å². The van der Waals surface area contributed by atoms with Crippen LogP contribution < -0.4 is 14.5 Å². The maximum atomic E-state index is 13.4. The van der Waals surface area contributed by atoms with Crippen molar-refractivity contribution in [3.63, 3.8) is 0 Å². The standard InChI is InChI=1S/C25H26ClN3O4S/c1-18(2)33-22-13-10-20(11-14-22)16-27-28-25(30)17-29(24-15-21(26)12-9-19(24)3)34(31,32)23-7-5-4-6-8-23/h4-16,18H,17H2,1-3H3,(H,28,30)/b27-16-. The minimum absolute atomic E-state index is 0.0642. The number of hydrogen-bond acceptors (Lipinski definition) is 5. The van der Waals surface area contributed by atoms with Crippen LogP contribution in [-0.2, 0) is 14.8 Å². The van der Waals surface area contributed by atoms with Crippen LogP contribution in [0.5, 0.6) is 5.75 Å². The fraction of sp³-hybridized carbons (Fsp3) is 0.200. The third-order valence-corrected chi connectivity index (χ3v) is 6.72. The van der Waals surface area contributed by atoms with E-state index < -0.39 is 22.5 Å². The SMILES string of the molecule is Cc1ccc(Cl)cc1N(CC(=O)N/N=C\c1ccc(OC(C)C)cc1)S(=O)(=O)c1ccccc1. The molecule has 1 amide bonds. The molecule has 0 spiro atoms. The van der Waals surface area contributed by atoms with Gasteiger partial charge in [-0.3, -0.25) is 9.10 Å². The van der Waals surface area contributed by atoms with Crippen LogP contribution in [0.15, 0.2) is 82.8 Å². The maximum absolute atomic E-state index is 13.4. The number of halogens is 1. The predicted molar refractivity (Wildman–Crippen MR) is 135 cm³/mol. The Hall–Kier alpha value is -3.36. The fourth-order valence-corrected chi connectivity index (χ4v) is 4.78. The zero-order valence-corrected chi connectivity index (χ0v) is 20.7. The Kier molecular flexibility index (Phi) is 8.31. The molecule has 0 saturated carbocycles. The van der Waals surface area contributed by atoms with E-state index in [1.807, 2.05) is 13.8 Å². The number of hydrogen-bond donors (Lipinski definition) is 1. The second-order valence-corrected chi connectivity index (χ2v) is 10.1. The van der Waals surface area contributed by atoms with Gasteiger partial charge in [0.2, 0.25) is 0 Å². The lowest BCUT2D eigenvalue weighted by Gasteiger charge is -2.25. The van der Waals surface area contributed by atoms with Gasteiger partial charge in [-0.15, -0.1) is 0 Å². The van der Waals surface area contributed by atoms with Gasteiger partial charge in [-0.2, -0.15) is 5.10 Å². The minimum atomic E-state index is -4.03. The van der Waals surface area contributed by atoms with Crippen molar-refractivity contribution in [1.29, 1.82) is 0 Å². The number of hydrazone groups is 1. The summed E-state index contributed by atoms with van der Waals surface area (Å²) in [5, 5.41) is 4.32. The van der Waals surface area contributed by atoms with Crippen molar-refractivity contribution in [2.24, 2.45) is 5.10 Å². The van der Waals surface area contributed by atoms with Crippen LogP contribution in [0.2, 0.25) is 5.02 Å². The van der Waals surface area contributed by atoms with Gasteiger partial charge in [0.25, 0.3) is 15.9 Å². The highest BCUT2D eigenvalue weighted by molar-refractivity contribution is 7.92. The Morgan fingerprint density at radius 3 is 2.41 bits per heavy atom. The lowest BCUT2D eigenvalue weighted by Crippen LogP contribution is -2.40. The molecule has 3 aromatic carbocycles. The number of amides is 1. The average molecular weight is 500 g/mol. The number of aryl methyl sites for hydroxylation is 1. The van der Waals surface area contributed by atoms with E-state index in [1.54, 1.807) is 61.5 Å². The Morgan fingerprint density at radius 1 is 1.09 bits per heavy atom. The Bertz CT molecular complexity index is 1260. The molecule has 0 saturated heterocycles. The molecular weight excluding hydrogens is 474 g/mol. The molecule has 34 heavy (non-hydrogen) atoms. The normalized spacial score (nSPS) is 11.6. The topological polar surface area (TPSA) is 88.1 Å². The molecule has 0 aliphatic heterocycles. The van der Waals surface area contributed by atoms with E-state index in [1.165, 1.54) is 24.4 Å². The number of anilines is 1. The van der Waals surface area contributed by atoms with Gasteiger partial charge in [-0.05, 0) is 80.4 Å². The first kappa shape index (κ1) is 25.3. The minimum Gasteiger partial charge on any atom is -0.491 e. The molecule has 1 N–H and O–H groups in total. The summed E-state index contributed by atoms with van der Waals surface area (Å²) in [7, 11) is -4.03. The van der Waals surface area contributed by atoms with Crippen molar-refractivity contribution in [3.8, 4) is 5.75 Å². The lowest BCUT2D eigenvalue weighted by molar-refractivity contribution is -0.119. The van der Waals surface area contributed by atoms with Gasteiger partial charge >= 0.3 is 0 Å². The zero-order chi connectivity index (χ0) is 24.7. The van der Waals surface area contributed by atoms with Crippen molar-refractivity contribution in [1.82, 2.24) is 5.43 Å². The summed E-state index contributed by atoms with van der Waals surface area (Å²) in [5.41, 5.74) is 4.11. The van der Waals surface area contributed by atoms with E-state index in [9.17, 15) is 13.2 Å². The Morgan fingerprint density at radius 2 is 1.76 bits per heavy atom. The second kappa shape index (κ2) is 11.2. The van der Waals surface area contributed by atoms with Gasteiger partial charge in [0.05, 0.1) is 22.9 Å². The van der Waals surface area contributed by atoms with Crippen LogP contribution in [-0.4, -0.2) is 33.2 Å². The van der Waals surface area contributed by atoms with Crippen LogP contribution in [0.3, 0.4) is 0 Å². The predicted octanol–water partition coefficient (Wildman–Crippen LogP) is 4.78. The van der Waals surface area contributed by atoms with Crippen molar-refractivity contribution in [2.75, 3.05) is 10.8 Å². The number of rotatable bonds is 9. The molecule has 0 aliphatic carbocycles. The van der Waals surface area contributed by atoms with Crippen LogP contribution in [0.4, 0.5) is 5.69 Å². The average Bonchev–Trinajstić information content (AvgIpc) is 2.80. The summed E-state index contributed by atoms with van der Waals surface area (Å²) >= 11 is 6.13. The summed E-state index contributed by atoms with van der Waals surface area (Å²) in [6, 6.07) is 20.0. The van der Waals surface area contributed by atoms with Gasteiger partial charge < -0.3 is 4.74 Å². The quantitative estimate of drug-likeness (QED) is 0.339. The first-order valence-electron chi connectivity index (χ1n) is 10.6. The lowest BCUT2D eigenvalue weighted by atomic mass is 10.2. The van der Waals surface area contributed by atoms with Crippen LogP contribution in [0.25, 0.3) is 0 Å². The molecule has 0 bridgehead atoms. The van der Waals surface area contributed by atoms with E-state index >= 15 is 0 Å². The number of benzene rings is 3. The first-order valence-corrected chi connectivity index (χ1v) is 12.4. The van der Waals surface area contributed by atoms with E-state index in [4.69, 9.17) is 16.3 Å². The number of nitrogens with zero attached hydrogens (tertiary/aromatic N) is 2. The first-order chi connectivity index (χ1) is 16.2. The number of ether oxygens (including phenoxy) is 1. The molecule has 0 atom stereocenters. The van der Waals surface area contributed by atoms with E-state index in [0.29, 0.717) is 16.3 Å². The Balaban J connectivity index is 1.79. The number of carbonyl (C=O) groups excluding carboxylic acids is 1. The molecule has 3 rings (SSSR count). The molecule has 0 aliphatic rings. The van der Waals surface area contributed by atoms with Crippen LogP contribution in [0, 0.1) is 6.92 Å². The summed E-state index contributed by atoms with van der Waals surface area (Å²) in [6.07, 6.45) is 1.54. The smallest absolute Gasteiger partial charge is 0.264 e. The van der Waals surface area contributed by atoms with E-state index in [-0.39, 0.29) is 11.0 Å². The molecule has 0 unspecified atom stereocenters. The zero-order valence-electron chi connectivity index (χ0n) is 19.1. The van der Waals surface area contributed by atoms with E-state index in [0.717, 1.165) is 15.6 Å². The highest BCUT2D eigenvalue weighted by atomic mass is 35.5. The van der Waals surface area contributed by atoms with Crippen molar-refractivity contribution >= 4 is 39.4 Å². The molecule has 0 fully saturated rings. The molecule has 0 aromatic heterocycles.